The van der Waals surface area contributed by atoms with E-state index in [1.165, 1.54) is 11.1 Å². The Morgan fingerprint density at radius 3 is 0.939 bits per heavy atom. The van der Waals surface area contributed by atoms with Gasteiger partial charge in [-0.2, -0.15) is 23.7 Å². The molecule has 2 heterocycles. The zero-order chi connectivity index (χ0) is 58.0. The van der Waals surface area contributed by atoms with Gasteiger partial charge in [0.05, 0.1) is 56.2 Å². The van der Waals surface area contributed by atoms with Crippen LogP contribution in [0.3, 0.4) is 0 Å². The van der Waals surface area contributed by atoms with Crippen molar-refractivity contribution < 1.29 is 13.2 Å². The topological polar surface area (TPSA) is 57.4 Å². The largest absolute Gasteiger partial charge is 0.416 e. The molecule has 4 nitrogen and oxygen atoms in total. The quantitative estimate of drug-likeness (QED) is 0.160. The maximum atomic E-state index is 15.3. The Labute approximate surface area is 477 Å². The van der Waals surface area contributed by atoms with Crippen molar-refractivity contribution in [1.82, 2.24) is 9.13 Å². The molecule has 0 radical (unpaired) electrons. The van der Waals surface area contributed by atoms with Crippen LogP contribution in [0.25, 0.3) is 111 Å². The van der Waals surface area contributed by atoms with Gasteiger partial charge in [-0.05, 0) is 232 Å². The summed E-state index contributed by atoms with van der Waals surface area (Å²) in [5.41, 5.74) is 26.1. The number of nitriles is 2. The summed E-state index contributed by atoms with van der Waals surface area (Å²) < 4.78 is 50.2. The van der Waals surface area contributed by atoms with Crippen LogP contribution in [0.4, 0.5) is 13.2 Å². The van der Waals surface area contributed by atoms with Crippen molar-refractivity contribution in [2.24, 2.45) is 0 Å². The lowest BCUT2D eigenvalue weighted by Crippen LogP contribution is -2.07. The van der Waals surface area contributed by atoms with Crippen molar-refractivity contribution >= 4 is 43.6 Å². The molecule has 0 N–H and O–H groups in total. The van der Waals surface area contributed by atoms with Crippen LogP contribution in [0.2, 0.25) is 0 Å². The summed E-state index contributed by atoms with van der Waals surface area (Å²) in [6, 6.07) is 55.5. The monoisotopic (exact) mass is 1070 g/mol. The molecule has 12 aromatic rings. The highest BCUT2D eigenvalue weighted by atomic mass is 19.4. The molecule has 0 aliphatic carbocycles. The van der Waals surface area contributed by atoms with Crippen LogP contribution in [-0.2, 0) is 6.18 Å². The Kier molecular flexibility index (Phi) is 12.8. The normalized spacial score (nSPS) is 11.8. The third-order valence-electron chi connectivity index (χ3n) is 16.8. The fourth-order valence-electron chi connectivity index (χ4n) is 14.0. The third-order valence-corrected chi connectivity index (χ3v) is 16.8. The van der Waals surface area contributed by atoms with Crippen molar-refractivity contribution in [3.8, 4) is 79.1 Å². The Bertz CT molecular complexity index is 4510. The summed E-state index contributed by atoms with van der Waals surface area (Å²) in [7, 11) is 0. The van der Waals surface area contributed by atoms with Gasteiger partial charge in [0.2, 0.25) is 0 Å². The van der Waals surface area contributed by atoms with Crippen molar-refractivity contribution in [3.63, 3.8) is 0 Å². The predicted molar refractivity (Wildman–Crippen MR) is 334 cm³/mol. The number of rotatable bonds is 7. The molecule has 0 aliphatic heterocycles. The first-order valence-electron chi connectivity index (χ1n) is 27.8. The number of aromatic nitrogens is 2. The van der Waals surface area contributed by atoms with Crippen LogP contribution < -0.4 is 0 Å². The molecule has 0 bridgehead atoms. The van der Waals surface area contributed by atoms with Crippen LogP contribution in [0.1, 0.15) is 83.5 Å². The maximum Gasteiger partial charge on any atom is 0.416 e. The van der Waals surface area contributed by atoms with Crippen LogP contribution in [0.15, 0.2) is 152 Å². The van der Waals surface area contributed by atoms with E-state index in [4.69, 9.17) is 0 Å². The number of hydrogen-bond donors (Lipinski definition) is 0. The van der Waals surface area contributed by atoms with Crippen LogP contribution >= 0.6 is 0 Å². The van der Waals surface area contributed by atoms with E-state index >= 15 is 13.2 Å². The van der Waals surface area contributed by atoms with E-state index in [2.05, 4.69) is 226 Å². The van der Waals surface area contributed by atoms with Crippen LogP contribution in [0.5, 0.6) is 0 Å². The predicted octanol–water partition coefficient (Wildman–Crippen LogP) is 20.7. The highest BCUT2D eigenvalue weighted by Crippen LogP contribution is 2.46. The van der Waals surface area contributed by atoms with Gasteiger partial charge < -0.3 is 9.13 Å². The molecule has 12 rings (SSSR count). The van der Waals surface area contributed by atoms with Crippen molar-refractivity contribution in [2.75, 3.05) is 0 Å². The second kappa shape index (κ2) is 19.7. The van der Waals surface area contributed by atoms with Gasteiger partial charge in [-0.15, -0.1) is 0 Å². The van der Waals surface area contributed by atoms with E-state index < -0.39 is 11.7 Å². The first kappa shape index (κ1) is 53.2. The second-order valence-electron chi connectivity index (χ2n) is 23.1. The molecule has 7 heteroatoms. The van der Waals surface area contributed by atoms with Gasteiger partial charge in [-0.25, -0.2) is 0 Å². The number of halogens is 3. The molecule has 402 valence electrons. The fourth-order valence-corrected chi connectivity index (χ4v) is 14.0. The molecular weight excluding hydrogens is 1010 g/mol. The van der Waals surface area contributed by atoms with Gasteiger partial charge in [0.25, 0.3) is 0 Å². The van der Waals surface area contributed by atoms with Crippen molar-refractivity contribution in [3.05, 3.63) is 235 Å². The molecule has 0 spiro atoms. The van der Waals surface area contributed by atoms with Gasteiger partial charge in [0, 0.05) is 27.1 Å². The molecule has 2 aromatic heterocycles. The zero-order valence-corrected chi connectivity index (χ0v) is 48.4. The van der Waals surface area contributed by atoms with E-state index in [1.54, 1.807) is 6.07 Å². The lowest BCUT2D eigenvalue weighted by molar-refractivity contribution is -0.137. The Morgan fingerprint density at radius 1 is 0.329 bits per heavy atom. The summed E-state index contributed by atoms with van der Waals surface area (Å²) in [4.78, 5) is 0. The zero-order valence-electron chi connectivity index (χ0n) is 48.4. The number of fused-ring (bicyclic) bond motifs is 6. The number of aryl methyl sites for hydroxylation is 12. The summed E-state index contributed by atoms with van der Waals surface area (Å²) in [5.74, 6) is 0. The number of hydrogen-bond acceptors (Lipinski definition) is 2. The van der Waals surface area contributed by atoms with E-state index in [0.29, 0.717) is 22.5 Å². The molecule has 0 atom stereocenters. The Balaban J connectivity index is 1.26. The minimum absolute atomic E-state index is 0.136. The summed E-state index contributed by atoms with van der Waals surface area (Å²) >= 11 is 0. The van der Waals surface area contributed by atoms with Gasteiger partial charge >= 0.3 is 6.18 Å². The average Bonchev–Trinajstić information content (AvgIpc) is 2.21. The van der Waals surface area contributed by atoms with Crippen LogP contribution in [0, 0.1) is 106 Å². The number of nitrogens with zero attached hydrogens (tertiary/aromatic N) is 4. The Morgan fingerprint density at radius 2 is 0.646 bits per heavy atom. The molecule has 10 aromatic carbocycles. The molecule has 0 aliphatic rings. The molecule has 0 fully saturated rings. The second-order valence-corrected chi connectivity index (χ2v) is 23.1. The van der Waals surface area contributed by atoms with E-state index in [-0.39, 0.29) is 11.1 Å². The lowest BCUT2D eigenvalue weighted by atomic mass is 9.92. The average molecular weight is 1080 g/mol. The number of alkyl halides is 3. The van der Waals surface area contributed by atoms with Crippen molar-refractivity contribution in [2.45, 2.75) is 89.3 Å². The highest BCUT2D eigenvalue weighted by molar-refractivity contribution is 6.14. The number of benzene rings is 10. The van der Waals surface area contributed by atoms with E-state index in [9.17, 15) is 10.5 Å². The maximum absolute atomic E-state index is 15.3. The molecular formula is C75H61F3N4. The first-order chi connectivity index (χ1) is 39.1. The minimum atomic E-state index is -4.78. The first-order valence-corrected chi connectivity index (χ1v) is 27.8. The smallest absolute Gasteiger partial charge is 0.309 e. The standard InChI is InChI=1S/C75H61F3N4/c1-40-21-44(5)71(45(6)22-40)53-13-17-60-61-18-14-54(72-46(7)23-41(2)24-47(72)8)33-67(61)81(66(60)32-53)65-37-64(57-29-52(38-79)30-59(31-57)75(76,77)78)70(36-58(65)39-80)82-68-34-55(73-48(9)25-42(3)26-49(73)10)15-19-62(68)63-20-16-56(35-69(63)82)74-50(11)27-43(4)28-51(74)12/h13-37H,1-12H3. The lowest BCUT2D eigenvalue weighted by Gasteiger charge is -2.21. The third kappa shape index (κ3) is 8.84. The Hall–Kier alpha value is -9.43. The summed E-state index contributed by atoms with van der Waals surface area (Å²) in [5, 5.41) is 26.2. The molecule has 0 amide bonds. The SMILES string of the molecule is Cc1cc(C)c(-c2ccc3c4ccc(-c5c(C)cc(C)cc5C)cc4n(-c4cc(-c5cc(C#N)cc(C(F)(F)F)c5)c(-n5c6cc(-c7c(C)cc(C)cc7C)ccc6c6ccc(-c7c(C)cc(C)cc7C)cc65)cc4C#N)c3c2)c(C)c1. The molecule has 0 saturated heterocycles. The van der Waals surface area contributed by atoms with Gasteiger partial charge in [-0.1, -0.05) is 119 Å². The summed E-state index contributed by atoms with van der Waals surface area (Å²) in [6.45, 7) is 25.4. The van der Waals surface area contributed by atoms with Gasteiger partial charge in [0.1, 0.15) is 6.07 Å². The molecule has 0 saturated carbocycles. The fraction of sp³-hybridized carbons (Fsp3) is 0.173. The molecule has 0 unspecified atom stereocenters. The highest BCUT2D eigenvalue weighted by Gasteiger charge is 2.33. The van der Waals surface area contributed by atoms with E-state index in [1.807, 2.05) is 12.1 Å². The van der Waals surface area contributed by atoms with Gasteiger partial charge in [-0.3, -0.25) is 0 Å². The van der Waals surface area contributed by atoms with E-state index in [0.717, 1.165) is 156 Å². The van der Waals surface area contributed by atoms with Crippen molar-refractivity contribution in [1.29, 1.82) is 10.5 Å². The van der Waals surface area contributed by atoms with Gasteiger partial charge in [0.15, 0.2) is 0 Å². The molecule has 82 heavy (non-hydrogen) atoms. The minimum Gasteiger partial charge on any atom is -0.309 e. The van der Waals surface area contributed by atoms with Crippen LogP contribution in [-0.4, -0.2) is 9.13 Å². The summed E-state index contributed by atoms with van der Waals surface area (Å²) in [6.07, 6.45) is -4.78.